The molecule has 106 valence electrons. The summed E-state index contributed by atoms with van der Waals surface area (Å²) in [5.74, 6) is 0.996. The van der Waals surface area contributed by atoms with Gasteiger partial charge >= 0.3 is 0 Å². The summed E-state index contributed by atoms with van der Waals surface area (Å²) >= 11 is 3.54. The van der Waals surface area contributed by atoms with Gasteiger partial charge in [-0.2, -0.15) is 0 Å². The maximum Gasteiger partial charge on any atom is 0.125 e. The first kappa shape index (κ1) is 16.3. The Morgan fingerprint density at radius 2 is 2.21 bits per heavy atom. The fraction of sp³-hybridized carbons (Fsp3) is 0.500. The largest absolute Gasteiger partial charge is 0.493 e. The van der Waals surface area contributed by atoms with Crippen LogP contribution in [-0.4, -0.2) is 12.6 Å². The van der Waals surface area contributed by atoms with E-state index in [1.807, 2.05) is 6.08 Å². The van der Waals surface area contributed by atoms with Crippen LogP contribution in [-0.2, 0) is 6.42 Å². The van der Waals surface area contributed by atoms with Crippen molar-refractivity contribution in [3.05, 3.63) is 40.4 Å². The average molecular weight is 326 g/mol. The maximum atomic E-state index is 6.07. The smallest absolute Gasteiger partial charge is 0.125 e. The maximum absolute atomic E-state index is 6.07. The minimum Gasteiger partial charge on any atom is -0.493 e. The summed E-state index contributed by atoms with van der Waals surface area (Å²) in [5.41, 5.74) is 8.42. The van der Waals surface area contributed by atoms with Crippen LogP contribution in [0.15, 0.2) is 29.3 Å². The minimum absolute atomic E-state index is 0.184. The number of allylic oxidation sites excluding steroid dienone is 1. The first-order valence-electron chi connectivity index (χ1n) is 6.86. The third-order valence-corrected chi connectivity index (χ3v) is 3.58. The fourth-order valence-electron chi connectivity index (χ4n) is 1.99. The third kappa shape index (κ3) is 5.37. The summed E-state index contributed by atoms with van der Waals surface area (Å²) in [6.07, 6.45) is 5.73. The quantitative estimate of drug-likeness (QED) is 0.568. The summed E-state index contributed by atoms with van der Waals surface area (Å²) in [6.45, 7) is 8.64. The van der Waals surface area contributed by atoms with Crippen LogP contribution in [0.4, 0.5) is 0 Å². The second-order valence-electron chi connectivity index (χ2n) is 4.86. The third-order valence-electron chi connectivity index (χ3n) is 3.12. The molecule has 0 saturated carbocycles. The molecule has 1 aromatic carbocycles. The summed E-state index contributed by atoms with van der Waals surface area (Å²) < 4.78 is 7.03. The molecule has 0 radical (unpaired) electrons. The van der Waals surface area contributed by atoms with Gasteiger partial charge in [0.1, 0.15) is 5.75 Å². The van der Waals surface area contributed by atoms with Crippen LogP contribution >= 0.6 is 15.9 Å². The number of rotatable bonds is 8. The van der Waals surface area contributed by atoms with Crippen molar-refractivity contribution in [3.8, 4) is 5.75 Å². The lowest BCUT2D eigenvalue weighted by Gasteiger charge is -2.17. The molecule has 0 aliphatic rings. The van der Waals surface area contributed by atoms with Gasteiger partial charge < -0.3 is 10.5 Å². The van der Waals surface area contributed by atoms with Gasteiger partial charge in [-0.05, 0) is 55.9 Å². The first-order valence-corrected chi connectivity index (χ1v) is 7.66. The van der Waals surface area contributed by atoms with Crippen molar-refractivity contribution in [2.45, 2.75) is 45.6 Å². The number of hydrogen-bond acceptors (Lipinski definition) is 2. The van der Waals surface area contributed by atoms with Crippen LogP contribution in [0, 0.1) is 6.92 Å². The van der Waals surface area contributed by atoms with Gasteiger partial charge in [-0.25, -0.2) is 0 Å². The molecule has 0 bridgehead atoms. The topological polar surface area (TPSA) is 35.2 Å². The monoisotopic (exact) mass is 325 g/mol. The van der Waals surface area contributed by atoms with Crippen molar-refractivity contribution in [2.24, 2.45) is 5.73 Å². The predicted molar refractivity (Wildman–Crippen MR) is 85.8 cm³/mol. The van der Waals surface area contributed by atoms with Crippen LogP contribution in [0.3, 0.4) is 0 Å². The van der Waals surface area contributed by atoms with Crippen molar-refractivity contribution < 1.29 is 4.74 Å². The van der Waals surface area contributed by atoms with Crippen molar-refractivity contribution in [3.63, 3.8) is 0 Å². The molecule has 0 heterocycles. The van der Waals surface area contributed by atoms with Gasteiger partial charge in [-0.3, -0.25) is 0 Å². The lowest BCUT2D eigenvalue weighted by Crippen LogP contribution is -2.22. The molecule has 3 heteroatoms. The zero-order valence-electron chi connectivity index (χ0n) is 11.9. The van der Waals surface area contributed by atoms with Crippen LogP contribution in [0.5, 0.6) is 5.75 Å². The summed E-state index contributed by atoms with van der Waals surface area (Å²) in [4.78, 5) is 0. The SMILES string of the molecule is C=CCCCOc1c(C)cc(Br)cc1CC(N)CC. The lowest BCUT2D eigenvalue weighted by molar-refractivity contribution is 0.306. The van der Waals surface area contributed by atoms with Crippen LogP contribution in [0.1, 0.15) is 37.3 Å². The molecular formula is C16H24BrNO. The van der Waals surface area contributed by atoms with Gasteiger partial charge in [0.25, 0.3) is 0 Å². The van der Waals surface area contributed by atoms with E-state index in [2.05, 4.69) is 48.5 Å². The minimum atomic E-state index is 0.184. The lowest BCUT2D eigenvalue weighted by atomic mass is 10.0. The van der Waals surface area contributed by atoms with E-state index >= 15 is 0 Å². The fourth-order valence-corrected chi connectivity index (χ4v) is 2.61. The van der Waals surface area contributed by atoms with Crippen molar-refractivity contribution in [1.82, 2.24) is 0 Å². The number of benzene rings is 1. The normalized spacial score (nSPS) is 12.2. The van der Waals surface area contributed by atoms with E-state index in [1.165, 1.54) is 5.56 Å². The Labute approximate surface area is 125 Å². The number of hydrogen-bond donors (Lipinski definition) is 1. The van der Waals surface area contributed by atoms with Gasteiger partial charge in [-0.1, -0.05) is 28.9 Å². The van der Waals surface area contributed by atoms with Gasteiger partial charge in [0.15, 0.2) is 0 Å². The molecule has 0 aliphatic carbocycles. The van der Waals surface area contributed by atoms with Gasteiger partial charge in [-0.15, -0.1) is 6.58 Å². The van der Waals surface area contributed by atoms with Gasteiger partial charge in [0.05, 0.1) is 6.61 Å². The molecule has 0 aliphatic heterocycles. The van der Waals surface area contributed by atoms with Crippen LogP contribution in [0.25, 0.3) is 0 Å². The molecular weight excluding hydrogens is 302 g/mol. The standard InChI is InChI=1S/C16H24BrNO/c1-4-6-7-8-19-16-12(3)9-14(17)10-13(16)11-15(18)5-2/h4,9-10,15H,1,5-8,11,18H2,2-3H3. The van der Waals surface area contributed by atoms with E-state index in [9.17, 15) is 0 Å². The van der Waals surface area contributed by atoms with Crippen LogP contribution in [0.2, 0.25) is 0 Å². The highest BCUT2D eigenvalue weighted by atomic mass is 79.9. The highest BCUT2D eigenvalue weighted by Gasteiger charge is 2.12. The van der Waals surface area contributed by atoms with E-state index in [0.29, 0.717) is 0 Å². The van der Waals surface area contributed by atoms with E-state index < -0.39 is 0 Å². The zero-order chi connectivity index (χ0) is 14.3. The summed E-state index contributed by atoms with van der Waals surface area (Å²) in [7, 11) is 0. The molecule has 1 rings (SSSR count). The number of nitrogens with two attached hydrogens (primary N) is 1. The molecule has 19 heavy (non-hydrogen) atoms. The molecule has 0 saturated heterocycles. The first-order chi connectivity index (χ1) is 9.08. The predicted octanol–water partition coefficient (Wildman–Crippen LogP) is 4.38. The zero-order valence-corrected chi connectivity index (χ0v) is 13.5. The average Bonchev–Trinajstić information content (AvgIpc) is 2.36. The molecule has 0 fully saturated rings. The van der Waals surface area contributed by atoms with Gasteiger partial charge in [0, 0.05) is 10.5 Å². The molecule has 0 spiro atoms. The highest BCUT2D eigenvalue weighted by Crippen LogP contribution is 2.29. The van der Waals surface area contributed by atoms with Crippen LogP contribution < -0.4 is 10.5 Å². The van der Waals surface area contributed by atoms with Gasteiger partial charge in [0.2, 0.25) is 0 Å². The number of unbranched alkanes of at least 4 members (excludes halogenated alkanes) is 1. The second-order valence-corrected chi connectivity index (χ2v) is 5.78. The summed E-state index contributed by atoms with van der Waals surface area (Å²) in [5, 5.41) is 0. The Kier molecular flexibility index (Phi) is 7.17. The molecule has 1 unspecified atom stereocenters. The van der Waals surface area contributed by atoms with E-state index in [1.54, 1.807) is 0 Å². The summed E-state index contributed by atoms with van der Waals surface area (Å²) in [6, 6.07) is 4.39. The molecule has 0 aromatic heterocycles. The number of aryl methyl sites for hydroxylation is 1. The van der Waals surface area contributed by atoms with Crippen molar-refractivity contribution in [2.75, 3.05) is 6.61 Å². The van der Waals surface area contributed by atoms with E-state index in [4.69, 9.17) is 10.5 Å². The highest BCUT2D eigenvalue weighted by molar-refractivity contribution is 9.10. The molecule has 1 atom stereocenters. The Balaban J connectivity index is 2.83. The Bertz CT molecular complexity index is 417. The molecule has 2 nitrogen and oxygen atoms in total. The molecule has 1 aromatic rings. The Morgan fingerprint density at radius 1 is 1.47 bits per heavy atom. The van der Waals surface area contributed by atoms with E-state index in [0.717, 1.165) is 48.1 Å². The molecule has 0 amide bonds. The second kappa shape index (κ2) is 8.39. The number of halogens is 1. The van der Waals surface area contributed by atoms with Crippen molar-refractivity contribution in [1.29, 1.82) is 0 Å². The number of ether oxygens (including phenoxy) is 1. The molecule has 2 N–H and O–H groups in total. The van der Waals surface area contributed by atoms with Crippen molar-refractivity contribution >= 4 is 15.9 Å². The Hall–Kier alpha value is -0.800. The Morgan fingerprint density at radius 3 is 2.84 bits per heavy atom. The van der Waals surface area contributed by atoms with E-state index in [-0.39, 0.29) is 6.04 Å².